The van der Waals surface area contributed by atoms with E-state index in [-0.39, 0.29) is 5.91 Å². The zero-order valence-electron chi connectivity index (χ0n) is 12.3. The van der Waals surface area contributed by atoms with Crippen LogP contribution < -0.4 is 5.32 Å². The molecule has 1 aromatic rings. The van der Waals surface area contributed by atoms with Gasteiger partial charge in [-0.15, -0.1) is 0 Å². The molecule has 5 heteroatoms. The number of aromatic nitrogens is 1. The number of nitrogens with zero attached hydrogens (tertiary/aromatic N) is 2. The van der Waals surface area contributed by atoms with E-state index in [2.05, 4.69) is 10.3 Å². The SMILES string of the molecule is CN(C)C(=O)c1cc(NCCC2CCCCO2)ccn1. The number of anilines is 1. The Hall–Kier alpha value is -1.62. The van der Waals surface area contributed by atoms with Crippen LogP contribution in [-0.2, 0) is 4.74 Å². The van der Waals surface area contributed by atoms with Crippen LogP contribution in [-0.4, -0.2) is 49.1 Å². The average Bonchev–Trinajstić information content (AvgIpc) is 2.48. The average molecular weight is 277 g/mol. The van der Waals surface area contributed by atoms with Crippen LogP contribution >= 0.6 is 0 Å². The summed E-state index contributed by atoms with van der Waals surface area (Å²) in [6.45, 7) is 1.74. The molecular formula is C15H23N3O2. The number of hydrogen-bond donors (Lipinski definition) is 1. The smallest absolute Gasteiger partial charge is 0.272 e. The lowest BCUT2D eigenvalue weighted by molar-refractivity contribution is 0.0134. The van der Waals surface area contributed by atoms with E-state index < -0.39 is 0 Å². The Bertz CT molecular complexity index is 442. The van der Waals surface area contributed by atoms with Crippen molar-refractivity contribution < 1.29 is 9.53 Å². The van der Waals surface area contributed by atoms with Crippen molar-refractivity contribution in [2.24, 2.45) is 0 Å². The highest BCUT2D eigenvalue weighted by molar-refractivity contribution is 5.92. The second kappa shape index (κ2) is 7.24. The monoisotopic (exact) mass is 277 g/mol. The number of amides is 1. The van der Waals surface area contributed by atoms with Gasteiger partial charge in [0, 0.05) is 39.1 Å². The van der Waals surface area contributed by atoms with Crippen molar-refractivity contribution in [3.05, 3.63) is 24.0 Å². The molecule has 5 nitrogen and oxygen atoms in total. The molecule has 2 heterocycles. The summed E-state index contributed by atoms with van der Waals surface area (Å²) in [7, 11) is 3.45. The quantitative estimate of drug-likeness (QED) is 0.896. The maximum Gasteiger partial charge on any atom is 0.272 e. The molecule has 0 spiro atoms. The van der Waals surface area contributed by atoms with E-state index in [0.29, 0.717) is 11.8 Å². The molecule has 1 N–H and O–H groups in total. The number of nitrogens with one attached hydrogen (secondary N) is 1. The normalized spacial score (nSPS) is 18.6. The van der Waals surface area contributed by atoms with Gasteiger partial charge in [0.25, 0.3) is 5.91 Å². The molecule has 1 aliphatic heterocycles. The van der Waals surface area contributed by atoms with Gasteiger partial charge in [-0.2, -0.15) is 0 Å². The summed E-state index contributed by atoms with van der Waals surface area (Å²) in [6, 6.07) is 3.68. The van der Waals surface area contributed by atoms with Gasteiger partial charge >= 0.3 is 0 Å². The van der Waals surface area contributed by atoms with Crippen molar-refractivity contribution in [2.45, 2.75) is 31.8 Å². The van der Waals surface area contributed by atoms with E-state index in [1.165, 1.54) is 17.7 Å². The molecular weight excluding hydrogens is 254 g/mol. The minimum atomic E-state index is -0.0794. The molecule has 2 rings (SSSR count). The molecule has 1 fully saturated rings. The van der Waals surface area contributed by atoms with Gasteiger partial charge in [-0.25, -0.2) is 0 Å². The molecule has 20 heavy (non-hydrogen) atoms. The third-order valence-electron chi connectivity index (χ3n) is 3.45. The summed E-state index contributed by atoms with van der Waals surface area (Å²) in [5, 5.41) is 3.34. The number of ether oxygens (including phenoxy) is 1. The van der Waals surface area contributed by atoms with Gasteiger partial charge in [-0.3, -0.25) is 9.78 Å². The molecule has 0 saturated carbocycles. The first-order valence-corrected chi connectivity index (χ1v) is 7.20. The highest BCUT2D eigenvalue weighted by Gasteiger charge is 2.13. The Morgan fingerprint density at radius 2 is 2.35 bits per heavy atom. The summed E-state index contributed by atoms with van der Waals surface area (Å²) in [5.74, 6) is -0.0794. The van der Waals surface area contributed by atoms with Crippen LogP contribution in [0.2, 0.25) is 0 Å². The highest BCUT2D eigenvalue weighted by Crippen LogP contribution is 2.16. The van der Waals surface area contributed by atoms with Crippen LogP contribution in [0, 0.1) is 0 Å². The third kappa shape index (κ3) is 4.20. The second-order valence-electron chi connectivity index (χ2n) is 5.33. The Balaban J connectivity index is 1.83. The van der Waals surface area contributed by atoms with Crippen molar-refractivity contribution in [3.63, 3.8) is 0 Å². The van der Waals surface area contributed by atoms with Crippen LogP contribution in [0.4, 0.5) is 5.69 Å². The van der Waals surface area contributed by atoms with Gasteiger partial charge in [0.05, 0.1) is 6.10 Å². The van der Waals surface area contributed by atoms with E-state index >= 15 is 0 Å². The van der Waals surface area contributed by atoms with Crippen molar-refractivity contribution in [1.29, 1.82) is 0 Å². The zero-order valence-corrected chi connectivity index (χ0v) is 12.3. The molecule has 110 valence electrons. The maximum atomic E-state index is 11.8. The number of hydrogen-bond acceptors (Lipinski definition) is 4. The van der Waals surface area contributed by atoms with E-state index in [9.17, 15) is 4.79 Å². The van der Waals surface area contributed by atoms with Gasteiger partial charge in [-0.1, -0.05) is 0 Å². The van der Waals surface area contributed by atoms with Crippen LogP contribution in [0.15, 0.2) is 18.3 Å². The van der Waals surface area contributed by atoms with Crippen molar-refractivity contribution >= 4 is 11.6 Å². The summed E-state index contributed by atoms with van der Waals surface area (Å²) in [4.78, 5) is 17.5. The Morgan fingerprint density at radius 1 is 1.50 bits per heavy atom. The van der Waals surface area contributed by atoms with Crippen LogP contribution in [0.1, 0.15) is 36.2 Å². The van der Waals surface area contributed by atoms with Crippen LogP contribution in [0.3, 0.4) is 0 Å². The fourth-order valence-corrected chi connectivity index (χ4v) is 2.30. The first-order chi connectivity index (χ1) is 9.66. The molecule has 1 unspecified atom stereocenters. The lowest BCUT2D eigenvalue weighted by atomic mass is 10.1. The molecule has 0 aliphatic carbocycles. The van der Waals surface area contributed by atoms with E-state index in [0.717, 1.165) is 31.7 Å². The van der Waals surface area contributed by atoms with Crippen molar-refractivity contribution in [2.75, 3.05) is 32.6 Å². The van der Waals surface area contributed by atoms with Crippen molar-refractivity contribution in [1.82, 2.24) is 9.88 Å². The molecule has 1 amide bonds. The van der Waals surface area contributed by atoms with E-state index in [1.807, 2.05) is 6.07 Å². The minimum absolute atomic E-state index is 0.0794. The van der Waals surface area contributed by atoms with E-state index in [4.69, 9.17) is 4.74 Å². The standard InChI is InChI=1S/C15H23N3O2/c1-18(2)15(19)14-11-12(6-8-17-14)16-9-7-13-5-3-4-10-20-13/h6,8,11,13H,3-5,7,9-10H2,1-2H3,(H,16,17). The molecule has 1 atom stereocenters. The van der Waals surface area contributed by atoms with Gasteiger partial charge in [0.15, 0.2) is 0 Å². The molecule has 1 saturated heterocycles. The first kappa shape index (κ1) is 14.8. The fourth-order valence-electron chi connectivity index (χ4n) is 2.30. The van der Waals surface area contributed by atoms with E-state index in [1.54, 1.807) is 26.4 Å². The van der Waals surface area contributed by atoms with Gasteiger partial charge in [0.1, 0.15) is 5.69 Å². The second-order valence-corrected chi connectivity index (χ2v) is 5.33. The summed E-state index contributed by atoms with van der Waals surface area (Å²) >= 11 is 0. The molecule has 1 aliphatic rings. The molecule has 0 bridgehead atoms. The number of carbonyl (C=O) groups is 1. The number of rotatable bonds is 5. The van der Waals surface area contributed by atoms with Gasteiger partial charge in [-0.05, 0) is 37.8 Å². The minimum Gasteiger partial charge on any atom is -0.385 e. The van der Waals surface area contributed by atoms with Crippen LogP contribution in [0.25, 0.3) is 0 Å². The Labute approximate surface area is 120 Å². The topological polar surface area (TPSA) is 54.5 Å². The van der Waals surface area contributed by atoms with Crippen LogP contribution in [0.5, 0.6) is 0 Å². The first-order valence-electron chi connectivity index (χ1n) is 7.20. The van der Waals surface area contributed by atoms with Gasteiger partial charge in [0.2, 0.25) is 0 Å². The largest absolute Gasteiger partial charge is 0.385 e. The fraction of sp³-hybridized carbons (Fsp3) is 0.600. The van der Waals surface area contributed by atoms with Crippen molar-refractivity contribution in [3.8, 4) is 0 Å². The maximum absolute atomic E-state index is 11.8. The number of pyridine rings is 1. The summed E-state index contributed by atoms with van der Waals surface area (Å²) in [6.07, 6.45) is 6.64. The lowest BCUT2D eigenvalue weighted by Gasteiger charge is -2.22. The Morgan fingerprint density at radius 3 is 3.05 bits per heavy atom. The van der Waals surface area contributed by atoms with Gasteiger partial charge < -0.3 is 15.0 Å². The molecule has 0 aromatic carbocycles. The number of carbonyl (C=O) groups excluding carboxylic acids is 1. The lowest BCUT2D eigenvalue weighted by Crippen LogP contribution is -2.23. The highest BCUT2D eigenvalue weighted by atomic mass is 16.5. The predicted molar refractivity (Wildman–Crippen MR) is 79.0 cm³/mol. The Kier molecular flexibility index (Phi) is 5.35. The third-order valence-corrected chi connectivity index (χ3v) is 3.45. The summed E-state index contributed by atoms with van der Waals surface area (Å²) < 4.78 is 5.70. The summed E-state index contributed by atoms with van der Waals surface area (Å²) in [5.41, 5.74) is 1.40. The zero-order chi connectivity index (χ0) is 14.4. The predicted octanol–water partition coefficient (Wildman–Crippen LogP) is 2.15. The molecule has 0 radical (unpaired) electrons. The molecule has 1 aromatic heterocycles.